The van der Waals surface area contributed by atoms with Gasteiger partial charge in [-0.2, -0.15) is 0 Å². The van der Waals surface area contributed by atoms with Crippen LogP contribution in [-0.2, 0) is 0 Å². The minimum absolute atomic E-state index is 0.262. The van der Waals surface area contributed by atoms with Crippen molar-refractivity contribution in [2.75, 3.05) is 7.11 Å². The SMILES string of the molecule is COc1ccc(OC(F)(F)F)cc1[C@H](N)C1CCCC1. The van der Waals surface area contributed by atoms with Gasteiger partial charge in [-0.1, -0.05) is 12.8 Å². The second kappa shape index (κ2) is 5.91. The summed E-state index contributed by atoms with van der Waals surface area (Å²) in [7, 11) is 1.48. The van der Waals surface area contributed by atoms with Crippen molar-refractivity contribution in [1.29, 1.82) is 0 Å². The summed E-state index contributed by atoms with van der Waals surface area (Å²) < 4.78 is 46.0. The van der Waals surface area contributed by atoms with E-state index in [4.69, 9.17) is 10.5 Å². The van der Waals surface area contributed by atoms with Gasteiger partial charge in [0.25, 0.3) is 0 Å². The number of hydrogen-bond donors (Lipinski definition) is 1. The molecule has 20 heavy (non-hydrogen) atoms. The highest BCUT2D eigenvalue weighted by Crippen LogP contribution is 2.39. The molecule has 0 heterocycles. The molecule has 1 atom stereocenters. The molecule has 0 amide bonds. The largest absolute Gasteiger partial charge is 0.573 e. The smallest absolute Gasteiger partial charge is 0.496 e. The van der Waals surface area contributed by atoms with Gasteiger partial charge in [0, 0.05) is 11.6 Å². The van der Waals surface area contributed by atoms with Crippen molar-refractivity contribution in [3.63, 3.8) is 0 Å². The van der Waals surface area contributed by atoms with Gasteiger partial charge in [-0.05, 0) is 37.0 Å². The highest BCUT2D eigenvalue weighted by Gasteiger charge is 2.32. The Morgan fingerprint density at radius 3 is 2.45 bits per heavy atom. The molecule has 1 saturated carbocycles. The first-order valence-corrected chi connectivity index (χ1v) is 6.60. The van der Waals surface area contributed by atoms with Gasteiger partial charge in [0.15, 0.2) is 0 Å². The summed E-state index contributed by atoms with van der Waals surface area (Å²) >= 11 is 0. The number of ether oxygens (including phenoxy) is 2. The summed E-state index contributed by atoms with van der Waals surface area (Å²) in [6.45, 7) is 0. The van der Waals surface area contributed by atoms with E-state index in [-0.39, 0.29) is 17.7 Å². The molecule has 2 N–H and O–H groups in total. The maximum absolute atomic E-state index is 12.3. The van der Waals surface area contributed by atoms with Crippen LogP contribution in [0.25, 0.3) is 0 Å². The third kappa shape index (κ3) is 3.56. The van der Waals surface area contributed by atoms with E-state index in [0.29, 0.717) is 11.3 Å². The Morgan fingerprint density at radius 1 is 1.25 bits per heavy atom. The van der Waals surface area contributed by atoms with Crippen molar-refractivity contribution in [2.45, 2.75) is 38.1 Å². The summed E-state index contributed by atoms with van der Waals surface area (Å²) in [5, 5.41) is 0. The first-order chi connectivity index (χ1) is 9.40. The van der Waals surface area contributed by atoms with Gasteiger partial charge in [0.1, 0.15) is 11.5 Å². The van der Waals surface area contributed by atoms with Crippen LogP contribution in [0.5, 0.6) is 11.5 Å². The van der Waals surface area contributed by atoms with Crippen molar-refractivity contribution in [1.82, 2.24) is 0 Å². The standard InChI is InChI=1S/C14H18F3NO2/c1-19-12-7-6-10(20-14(15,16)17)8-11(12)13(18)9-4-2-3-5-9/h6-9,13H,2-5,18H2,1H3/t13-/m1/s1. The number of nitrogens with two attached hydrogens (primary N) is 1. The second-order valence-electron chi connectivity index (χ2n) is 5.02. The van der Waals surface area contributed by atoms with Crippen LogP contribution in [0.2, 0.25) is 0 Å². The van der Waals surface area contributed by atoms with Gasteiger partial charge >= 0.3 is 6.36 Å². The molecule has 1 fully saturated rings. The third-order valence-corrected chi connectivity index (χ3v) is 3.70. The minimum Gasteiger partial charge on any atom is -0.496 e. The molecular formula is C14H18F3NO2. The Kier molecular flexibility index (Phi) is 4.42. The Morgan fingerprint density at radius 2 is 1.90 bits per heavy atom. The van der Waals surface area contributed by atoms with Crippen molar-refractivity contribution in [3.8, 4) is 11.5 Å². The fourth-order valence-corrected chi connectivity index (χ4v) is 2.74. The quantitative estimate of drug-likeness (QED) is 0.917. The predicted molar refractivity (Wildman–Crippen MR) is 68.6 cm³/mol. The van der Waals surface area contributed by atoms with E-state index in [1.807, 2.05) is 0 Å². The van der Waals surface area contributed by atoms with Gasteiger partial charge in [-0.3, -0.25) is 0 Å². The van der Waals surface area contributed by atoms with Crippen LogP contribution in [-0.4, -0.2) is 13.5 Å². The molecule has 1 aliphatic carbocycles. The summed E-state index contributed by atoms with van der Waals surface area (Å²) in [4.78, 5) is 0. The molecule has 0 spiro atoms. The Bertz CT molecular complexity index is 456. The fraction of sp³-hybridized carbons (Fsp3) is 0.571. The fourth-order valence-electron chi connectivity index (χ4n) is 2.74. The minimum atomic E-state index is -4.71. The van der Waals surface area contributed by atoms with Crippen LogP contribution in [0.3, 0.4) is 0 Å². The van der Waals surface area contributed by atoms with Crippen LogP contribution in [0, 0.1) is 5.92 Å². The highest BCUT2D eigenvalue weighted by molar-refractivity contribution is 5.42. The zero-order valence-corrected chi connectivity index (χ0v) is 11.2. The average molecular weight is 289 g/mol. The number of rotatable bonds is 4. The molecule has 3 nitrogen and oxygen atoms in total. The Hall–Kier alpha value is -1.43. The lowest BCUT2D eigenvalue weighted by atomic mass is 9.92. The van der Waals surface area contributed by atoms with Crippen molar-refractivity contribution in [2.24, 2.45) is 11.7 Å². The van der Waals surface area contributed by atoms with E-state index in [1.54, 1.807) is 0 Å². The molecule has 6 heteroatoms. The van der Waals surface area contributed by atoms with Crippen LogP contribution in [0.4, 0.5) is 13.2 Å². The molecule has 0 unspecified atom stereocenters. The molecule has 0 aliphatic heterocycles. The number of alkyl halides is 3. The van der Waals surface area contributed by atoms with E-state index >= 15 is 0 Å². The monoisotopic (exact) mass is 289 g/mol. The Labute approximate surface area is 115 Å². The van der Waals surface area contributed by atoms with Gasteiger partial charge in [0.2, 0.25) is 0 Å². The van der Waals surface area contributed by atoms with E-state index in [9.17, 15) is 13.2 Å². The highest BCUT2D eigenvalue weighted by atomic mass is 19.4. The lowest BCUT2D eigenvalue weighted by molar-refractivity contribution is -0.274. The first kappa shape index (κ1) is 15.0. The predicted octanol–water partition coefficient (Wildman–Crippen LogP) is 3.78. The van der Waals surface area contributed by atoms with Crippen molar-refractivity contribution in [3.05, 3.63) is 23.8 Å². The van der Waals surface area contributed by atoms with Gasteiger partial charge < -0.3 is 15.2 Å². The molecule has 1 aliphatic rings. The van der Waals surface area contributed by atoms with E-state index in [0.717, 1.165) is 25.7 Å². The maximum atomic E-state index is 12.3. The zero-order valence-electron chi connectivity index (χ0n) is 11.2. The summed E-state index contributed by atoms with van der Waals surface area (Å²) in [5.41, 5.74) is 6.76. The molecule has 2 rings (SSSR count). The normalized spacial score (nSPS) is 18.1. The maximum Gasteiger partial charge on any atom is 0.573 e. The van der Waals surface area contributed by atoms with Crippen molar-refractivity contribution < 1.29 is 22.6 Å². The number of benzene rings is 1. The topological polar surface area (TPSA) is 44.5 Å². The number of hydrogen-bond acceptors (Lipinski definition) is 3. The second-order valence-corrected chi connectivity index (χ2v) is 5.02. The zero-order chi connectivity index (χ0) is 14.8. The van der Waals surface area contributed by atoms with Crippen LogP contribution in [0.1, 0.15) is 37.3 Å². The van der Waals surface area contributed by atoms with Crippen LogP contribution in [0.15, 0.2) is 18.2 Å². The summed E-state index contributed by atoms with van der Waals surface area (Å²) in [6.07, 6.45) is -0.495. The first-order valence-electron chi connectivity index (χ1n) is 6.60. The van der Waals surface area contributed by atoms with Crippen LogP contribution >= 0.6 is 0 Å². The van der Waals surface area contributed by atoms with Crippen molar-refractivity contribution >= 4 is 0 Å². The molecule has 0 radical (unpaired) electrons. The van der Waals surface area contributed by atoms with E-state index in [1.165, 1.54) is 25.3 Å². The summed E-state index contributed by atoms with van der Waals surface area (Å²) in [6, 6.07) is 3.70. The lowest BCUT2D eigenvalue weighted by Gasteiger charge is -2.22. The lowest BCUT2D eigenvalue weighted by Crippen LogP contribution is -2.21. The molecule has 1 aromatic carbocycles. The number of halogens is 3. The number of methoxy groups -OCH3 is 1. The van der Waals surface area contributed by atoms with Crippen LogP contribution < -0.4 is 15.2 Å². The average Bonchev–Trinajstić information content (AvgIpc) is 2.89. The summed E-state index contributed by atoms with van der Waals surface area (Å²) in [5.74, 6) is 0.519. The molecule has 0 bridgehead atoms. The molecule has 1 aromatic rings. The molecular weight excluding hydrogens is 271 g/mol. The van der Waals surface area contributed by atoms with Gasteiger partial charge in [-0.25, -0.2) is 0 Å². The molecule has 0 aromatic heterocycles. The van der Waals surface area contributed by atoms with E-state index < -0.39 is 6.36 Å². The third-order valence-electron chi connectivity index (χ3n) is 3.70. The van der Waals surface area contributed by atoms with Gasteiger partial charge in [-0.15, -0.1) is 13.2 Å². The van der Waals surface area contributed by atoms with E-state index in [2.05, 4.69) is 4.74 Å². The van der Waals surface area contributed by atoms with Gasteiger partial charge in [0.05, 0.1) is 7.11 Å². The molecule has 0 saturated heterocycles. The molecule has 112 valence electrons. The Balaban J connectivity index is 2.26.